The number of nitrogens with zero attached hydrogens (tertiary/aromatic N) is 1. The summed E-state index contributed by atoms with van der Waals surface area (Å²) in [5, 5.41) is 0. The van der Waals surface area contributed by atoms with Crippen molar-refractivity contribution in [2.24, 2.45) is 0 Å². The smallest absolute Gasteiger partial charge is 0.222 e. The van der Waals surface area contributed by atoms with Crippen LogP contribution in [0.4, 0.5) is 5.69 Å². The molecule has 1 rings (SSSR count). The van der Waals surface area contributed by atoms with Crippen molar-refractivity contribution in [1.29, 1.82) is 0 Å². The number of amides is 1. The molecule has 1 unspecified atom stereocenters. The van der Waals surface area contributed by atoms with Crippen LogP contribution in [0.5, 0.6) is 0 Å². The van der Waals surface area contributed by atoms with E-state index in [2.05, 4.69) is 15.9 Å². The van der Waals surface area contributed by atoms with Gasteiger partial charge in [-0.25, -0.2) is 0 Å². The zero-order chi connectivity index (χ0) is 13.0. The lowest BCUT2D eigenvalue weighted by molar-refractivity contribution is -0.128. The highest BCUT2D eigenvalue weighted by Gasteiger charge is 2.11. The van der Waals surface area contributed by atoms with Crippen molar-refractivity contribution in [2.45, 2.75) is 11.3 Å². The van der Waals surface area contributed by atoms with Gasteiger partial charge in [0.2, 0.25) is 5.91 Å². The lowest BCUT2D eigenvalue weighted by atomic mass is 10.3. The number of rotatable bonds is 4. The van der Waals surface area contributed by atoms with Crippen molar-refractivity contribution in [1.82, 2.24) is 4.90 Å². The molecule has 0 saturated heterocycles. The van der Waals surface area contributed by atoms with Gasteiger partial charge >= 0.3 is 0 Å². The fraction of sp³-hybridized carbons (Fsp3) is 0.364. The molecule has 1 atom stereocenters. The summed E-state index contributed by atoms with van der Waals surface area (Å²) in [5.41, 5.74) is 6.21. The van der Waals surface area contributed by atoms with Gasteiger partial charge in [-0.05, 0) is 34.1 Å². The third-order valence-corrected chi connectivity index (χ3v) is 4.54. The molecule has 6 heteroatoms. The Bertz CT molecular complexity index is 449. The van der Waals surface area contributed by atoms with E-state index >= 15 is 0 Å². The van der Waals surface area contributed by atoms with Gasteiger partial charge in [-0.3, -0.25) is 9.00 Å². The van der Waals surface area contributed by atoms with Crippen LogP contribution in [-0.2, 0) is 15.6 Å². The predicted octanol–water partition coefficient (Wildman–Crippen LogP) is 1.62. The summed E-state index contributed by atoms with van der Waals surface area (Å²) < 4.78 is 12.7. The van der Waals surface area contributed by atoms with Gasteiger partial charge in [0.25, 0.3) is 0 Å². The number of benzene rings is 1. The van der Waals surface area contributed by atoms with Gasteiger partial charge in [-0.1, -0.05) is 0 Å². The van der Waals surface area contributed by atoms with Gasteiger partial charge in [0.15, 0.2) is 0 Å². The molecular weight excluding hydrogens is 304 g/mol. The first-order chi connectivity index (χ1) is 7.91. The molecule has 0 aliphatic rings. The van der Waals surface area contributed by atoms with Crippen LogP contribution in [0.1, 0.15) is 6.42 Å². The fourth-order valence-electron chi connectivity index (χ4n) is 1.22. The van der Waals surface area contributed by atoms with E-state index in [1.54, 1.807) is 32.3 Å². The molecule has 0 aromatic heterocycles. The molecule has 0 spiro atoms. The van der Waals surface area contributed by atoms with Gasteiger partial charge in [0, 0.05) is 36.4 Å². The van der Waals surface area contributed by atoms with Crippen LogP contribution in [0.25, 0.3) is 0 Å². The second kappa shape index (κ2) is 6.16. The van der Waals surface area contributed by atoms with Crippen molar-refractivity contribution in [3.63, 3.8) is 0 Å². The van der Waals surface area contributed by atoms with Gasteiger partial charge in [0.05, 0.1) is 15.7 Å². The van der Waals surface area contributed by atoms with Crippen molar-refractivity contribution in [2.75, 3.05) is 25.6 Å². The minimum atomic E-state index is -1.19. The van der Waals surface area contributed by atoms with E-state index in [4.69, 9.17) is 5.73 Å². The van der Waals surface area contributed by atoms with E-state index in [1.807, 2.05) is 0 Å². The van der Waals surface area contributed by atoms with Crippen LogP contribution in [0.15, 0.2) is 27.6 Å². The SMILES string of the molecule is CN(C)C(=O)CCS(=O)c1ccc(N)cc1Br. The van der Waals surface area contributed by atoms with Gasteiger partial charge < -0.3 is 10.6 Å². The van der Waals surface area contributed by atoms with E-state index in [9.17, 15) is 9.00 Å². The lowest BCUT2D eigenvalue weighted by Gasteiger charge is -2.10. The summed E-state index contributed by atoms with van der Waals surface area (Å²) in [6.07, 6.45) is 0.274. The molecule has 94 valence electrons. The third-order valence-electron chi connectivity index (χ3n) is 2.20. The van der Waals surface area contributed by atoms with E-state index in [-0.39, 0.29) is 12.3 Å². The van der Waals surface area contributed by atoms with Crippen molar-refractivity contribution < 1.29 is 9.00 Å². The Hall–Kier alpha value is -0.880. The number of carbonyl (C=O) groups excluding carboxylic acids is 1. The Kier molecular flexibility index (Phi) is 5.14. The highest BCUT2D eigenvalue weighted by Crippen LogP contribution is 2.23. The molecular formula is C11H15BrN2O2S. The van der Waals surface area contributed by atoms with Gasteiger partial charge in [0.1, 0.15) is 0 Å². The molecule has 2 N–H and O–H groups in total. The van der Waals surface area contributed by atoms with E-state index in [0.29, 0.717) is 20.8 Å². The summed E-state index contributed by atoms with van der Waals surface area (Å²) in [7, 11) is 2.18. The minimum absolute atomic E-state index is 0.0232. The highest BCUT2D eigenvalue weighted by molar-refractivity contribution is 9.10. The number of carbonyl (C=O) groups is 1. The molecule has 0 saturated carbocycles. The topological polar surface area (TPSA) is 63.4 Å². The quantitative estimate of drug-likeness (QED) is 0.858. The fourth-order valence-corrected chi connectivity index (χ4v) is 3.23. The molecule has 0 heterocycles. The largest absolute Gasteiger partial charge is 0.399 e. The summed E-state index contributed by atoms with van der Waals surface area (Å²) >= 11 is 3.32. The lowest BCUT2D eigenvalue weighted by Crippen LogP contribution is -2.23. The summed E-state index contributed by atoms with van der Waals surface area (Å²) in [6.45, 7) is 0. The first-order valence-electron chi connectivity index (χ1n) is 5.05. The zero-order valence-corrected chi connectivity index (χ0v) is 12.2. The second-order valence-electron chi connectivity index (χ2n) is 3.78. The molecule has 1 aromatic carbocycles. The first-order valence-corrected chi connectivity index (χ1v) is 7.16. The number of halogens is 1. The maximum Gasteiger partial charge on any atom is 0.222 e. The molecule has 0 aliphatic carbocycles. The average Bonchev–Trinajstić information content (AvgIpc) is 2.25. The van der Waals surface area contributed by atoms with Crippen LogP contribution < -0.4 is 5.73 Å². The average molecular weight is 319 g/mol. The second-order valence-corrected chi connectivity index (χ2v) is 6.17. The Balaban J connectivity index is 2.68. The molecule has 0 fully saturated rings. The number of nitrogen functional groups attached to an aromatic ring is 1. The van der Waals surface area contributed by atoms with Crippen LogP contribution in [0, 0.1) is 0 Å². The Morgan fingerprint density at radius 3 is 2.65 bits per heavy atom. The molecule has 1 aromatic rings. The van der Waals surface area contributed by atoms with E-state index < -0.39 is 10.8 Å². The number of nitrogens with two attached hydrogens (primary N) is 1. The Labute approximate surface area is 112 Å². The van der Waals surface area contributed by atoms with Crippen LogP contribution >= 0.6 is 15.9 Å². The standard InChI is InChI=1S/C11H15BrN2O2S/c1-14(2)11(15)5-6-17(16)10-4-3-8(13)7-9(10)12/h3-4,7H,5-6,13H2,1-2H3. The van der Waals surface area contributed by atoms with E-state index in [0.717, 1.165) is 0 Å². The number of anilines is 1. The summed E-state index contributed by atoms with van der Waals surface area (Å²) in [4.78, 5) is 13.5. The maximum atomic E-state index is 12.0. The zero-order valence-electron chi connectivity index (χ0n) is 9.77. The Morgan fingerprint density at radius 2 is 2.12 bits per heavy atom. The van der Waals surface area contributed by atoms with Gasteiger partial charge in [-0.15, -0.1) is 0 Å². The molecule has 0 bridgehead atoms. The predicted molar refractivity (Wildman–Crippen MR) is 73.1 cm³/mol. The van der Waals surface area contributed by atoms with Gasteiger partial charge in [-0.2, -0.15) is 0 Å². The van der Waals surface area contributed by atoms with Crippen LogP contribution in [-0.4, -0.2) is 34.9 Å². The third kappa shape index (κ3) is 4.12. The Morgan fingerprint density at radius 1 is 1.47 bits per heavy atom. The molecule has 1 amide bonds. The van der Waals surface area contributed by atoms with E-state index in [1.165, 1.54) is 4.90 Å². The molecule has 4 nitrogen and oxygen atoms in total. The minimum Gasteiger partial charge on any atom is -0.399 e. The van der Waals surface area contributed by atoms with Crippen LogP contribution in [0.3, 0.4) is 0 Å². The molecule has 0 aliphatic heterocycles. The molecule has 17 heavy (non-hydrogen) atoms. The first kappa shape index (κ1) is 14.2. The maximum absolute atomic E-state index is 12.0. The highest BCUT2D eigenvalue weighted by atomic mass is 79.9. The number of hydrogen-bond acceptors (Lipinski definition) is 3. The van der Waals surface area contributed by atoms with Crippen molar-refractivity contribution >= 4 is 38.3 Å². The normalized spacial score (nSPS) is 12.2. The summed E-state index contributed by atoms with van der Waals surface area (Å²) in [6, 6.07) is 5.13. The van der Waals surface area contributed by atoms with Crippen molar-refractivity contribution in [3.8, 4) is 0 Å². The van der Waals surface area contributed by atoms with Crippen LogP contribution in [0.2, 0.25) is 0 Å². The monoisotopic (exact) mass is 318 g/mol. The number of hydrogen-bond donors (Lipinski definition) is 1. The molecule has 0 radical (unpaired) electrons. The summed E-state index contributed by atoms with van der Waals surface area (Å²) in [5.74, 6) is 0.296. The van der Waals surface area contributed by atoms with Crippen molar-refractivity contribution in [3.05, 3.63) is 22.7 Å².